The first-order valence-electron chi connectivity index (χ1n) is 10.1. The highest BCUT2D eigenvalue weighted by Crippen LogP contribution is 2.37. The van der Waals surface area contributed by atoms with Crippen molar-refractivity contribution in [3.63, 3.8) is 0 Å². The van der Waals surface area contributed by atoms with E-state index in [2.05, 4.69) is 9.97 Å². The van der Waals surface area contributed by atoms with Gasteiger partial charge in [0.1, 0.15) is 11.3 Å². The number of halogens is 1. The highest BCUT2D eigenvalue weighted by molar-refractivity contribution is 7.08. The van der Waals surface area contributed by atoms with Gasteiger partial charge in [-0.1, -0.05) is 0 Å². The fraction of sp³-hybridized carbons (Fsp3) is 0.381. The minimum absolute atomic E-state index is 0.00479. The van der Waals surface area contributed by atoms with Crippen LogP contribution in [0.4, 0.5) is 16.2 Å². The van der Waals surface area contributed by atoms with E-state index < -0.39 is 5.82 Å². The van der Waals surface area contributed by atoms with Gasteiger partial charge in [-0.15, -0.1) is 0 Å². The van der Waals surface area contributed by atoms with E-state index in [-0.39, 0.29) is 41.2 Å². The van der Waals surface area contributed by atoms with E-state index in [9.17, 15) is 4.79 Å². The summed E-state index contributed by atoms with van der Waals surface area (Å²) < 4.78 is 25.3. The van der Waals surface area contributed by atoms with E-state index in [1.165, 1.54) is 14.2 Å². The van der Waals surface area contributed by atoms with Crippen LogP contribution in [0.3, 0.4) is 0 Å². The van der Waals surface area contributed by atoms with Crippen LogP contribution < -0.4 is 25.8 Å². The van der Waals surface area contributed by atoms with Gasteiger partial charge in [-0.05, 0) is 28.5 Å². The normalized spacial score (nSPS) is 15.1. The maximum Gasteiger partial charge on any atom is 0.228 e. The number of carbonyl (C=O) groups is 1. The number of hydrogen-bond acceptors (Lipinski definition) is 9. The van der Waals surface area contributed by atoms with Gasteiger partial charge in [-0.3, -0.25) is 4.79 Å². The third-order valence-corrected chi connectivity index (χ3v) is 6.28. The van der Waals surface area contributed by atoms with Crippen LogP contribution in [-0.2, 0) is 4.79 Å². The standard InChI is InChI=1S/C21H25FN6O3S/c1-30-15-9-13-18(17(22)19(15)31-2)25-21(26-20(13)24)28-6-4-27(5-7-28)16(29)10-14(23)12-3-8-32-11-12/h3,8-9,11,14H,4-7,10,23H2,1-2H3,(H2,24,25,26)/t14-/m1/s1. The van der Waals surface area contributed by atoms with Gasteiger partial charge in [0.15, 0.2) is 17.3 Å². The Morgan fingerprint density at radius 3 is 2.62 bits per heavy atom. The van der Waals surface area contributed by atoms with Crippen LogP contribution in [-0.4, -0.2) is 61.2 Å². The Bertz CT molecular complexity index is 1120. The summed E-state index contributed by atoms with van der Waals surface area (Å²) in [5.41, 5.74) is 13.3. The maximum atomic E-state index is 15.0. The second-order valence-corrected chi connectivity index (χ2v) is 8.25. The second kappa shape index (κ2) is 9.13. The Hall–Kier alpha value is -3.18. The average molecular weight is 461 g/mol. The Labute approximate surface area is 188 Å². The number of nitrogens with zero attached hydrogens (tertiary/aromatic N) is 4. The van der Waals surface area contributed by atoms with Crippen LogP contribution in [0.1, 0.15) is 18.0 Å². The van der Waals surface area contributed by atoms with Crippen molar-refractivity contribution in [2.24, 2.45) is 5.73 Å². The molecular weight excluding hydrogens is 435 g/mol. The number of rotatable bonds is 6. The molecule has 0 radical (unpaired) electrons. The number of piperazine rings is 1. The first-order valence-corrected chi connectivity index (χ1v) is 11.0. The summed E-state index contributed by atoms with van der Waals surface area (Å²) in [4.78, 5) is 25.1. The largest absolute Gasteiger partial charge is 0.493 e. The Morgan fingerprint density at radius 1 is 1.25 bits per heavy atom. The zero-order chi connectivity index (χ0) is 22.8. The van der Waals surface area contributed by atoms with Crippen molar-refractivity contribution in [2.45, 2.75) is 12.5 Å². The predicted octanol–water partition coefficient (Wildman–Crippen LogP) is 2.17. The number of nitrogens with two attached hydrogens (primary N) is 2. The van der Waals surface area contributed by atoms with Gasteiger partial charge >= 0.3 is 0 Å². The summed E-state index contributed by atoms with van der Waals surface area (Å²) in [6.07, 6.45) is 0.253. The van der Waals surface area contributed by atoms with E-state index in [1.807, 2.05) is 21.7 Å². The number of aromatic nitrogens is 2. The molecule has 3 aromatic rings. The molecule has 0 spiro atoms. The quantitative estimate of drug-likeness (QED) is 0.574. The average Bonchev–Trinajstić information content (AvgIpc) is 3.34. The number of ether oxygens (including phenoxy) is 2. The third kappa shape index (κ3) is 4.13. The third-order valence-electron chi connectivity index (χ3n) is 5.57. The molecule has 1 aromatic carbocycles. The number of fused-ring (bicyclic) bond motifs is 1. The summed E-state index contributed by atoms with van der Waals surface area (Å²) >= 11 is 1.56. The van der Waals surface area contributed by atoms with Gasteiger partial charge in [0.2, 0.25) is 11.9 Å². The topological polar surface area (TPSA) is 120 Å². The monoisotopic (exact) mass is 460 g/mol. The molecule has 0 bridgehead atoms. The van der Waals surface area contributed by atoms with Crippen LogP contribution in [0.5, 0.6) is 11.5 Å². The van der Waals surface area contributed by atoms with Crippen molar-refractivity contribution in [1.82, 2.24) is 14.9 Å². The number of nitrogen functional groups attached to an aromatic ring is 1. The van der Waals surface area contributed by atoms with E-state index in [1.54, 1.807) is 22.3 Å². The molecule has 1 aliphatic rings. The lowest BCUT2D eigenvalue weighted by atomic mass is 10.1. The van der Waals surface area contributed by atoms with Crippen LogP contribution >= 0.6 is 11.3 Å². The minimum Gasteiger partial charge on any atom is -0.493 e. The molecule has 9 nitrogen and oxygen atoms in total. The summed E-state index contributed by atoms with van der Waals surface area (Å²) in [7, 11) is 2.78. The molecule has 1 fully saturated rings. The lowest BCUT2D eigenvalue weighted by Crippen LogP contribution is -2.49. The zero-order valence-electron chi connectivity index (χ0n) is 17.9. The molecule has 1 atom stereocenters. The molecule has 1 aliphatic heterocycles. The first kappa shape index (κ1) is 22.0. The highest BCUT2D eigenvalue weighted by atomic mass is 32.1. The number of benzene rings is 1. The molecule has 1 amide bonds. The van der Waals surface area contributed by atoms with Crippen molar-refractivity contribution in [2.75, 3.05) is 51.0 Å². The number of anilines is 2. The lowest BCUT2D eigenvalue weighted by Gasteiger charge is -2.35. The van der Waals surface area contributed by atoms with Crippen molar-refractivity contribution in [1.29, 1.82) is 0 Å². The Morgan fingerprint density at radius 2 is 2.00 bits per heavy atom. The number of methoxy groups -OCH3 is 2. The van der Waals surface area contributed by atoms with Crippen molar-refractivity contribution >= 4 is 39.9 Å². The molecular formula is C21H25FN6O3S. The fourth-order valence-electron chi connectivity index (χ4n) is 3.76. The molecule has 0 aliphatic carbocycles. The molecule has 11 heteroatoms. The van der Waals surface area contributed by atoms with E-state index in [4.69, 9.17) is 20.9 Å². The molecule has 2 aromatic heterocycles. The number of carbonyl (C=O) groups excluding carboxylic acids is 1. The lowest BCUT2D eigenvalue weighted by molar-refractivity contribution is -0.131. The van der Waals surface area contributed by atoms with Crippen LogP contribution in [0.15, 0.2) is 22.9 Å². The molecule has 0 unspecified atom stereocenters. The van der Waals surface area contributed by atoms with Gasteiger partial charge in [-0.25, -0.2) is 9.37 Å². The van der Waals surface area contributed by atoms with E-state index in [0.717, 1.165) is 5.56 Å². The van der Waals surface area contributed by atoms with Crippen molar-refractivity contribution in [3.05, 3.63) is 34.3 Å². The predicted molar refractivity (Wildman–Crippen MR) is 122 cm³/mol. The minimum atomic E-state index is -0.659. The van der Waals surface area contributed by atoms with Crippen LogP contribution in [0.25, 0.3) is 10.9 Å². The van der Waals surface area contributed by atoms with E-state index in [0.29, 0.717) is 37.5 Å². The SMILES string of the molecule is COc1cc2c(N)nc(N3CCN(C(=O)C[C@@H](N)c4ccsc4)CC3)nc2c(F)c1OC. The zero-order valence-corrected chi connectivity index (χ0v) is 18.7. The molecule has 1 saturated heterocycles. The number of thiophene rings is 1. The van der Waals surface area contributed by atoms with Crippen LogP contribution in [0, 0.1) is 5.82 Å². The number of hydrogen-bond donors (Lipinski definition) is 2. The van der Waals surface area contributed by atoms with Gasteiger partial charge in [0.05, 0.1) is 14.2 Å². The molecule has 32 heavy (non-hydrogen) atoms. The Balaban J connectivity index is 1.49. The number of amides is 1. The first-order chi connectivity index (χ1) is 15.4. The summed E-state index contributed by atoms with van der Waals surface area (Å²) in [6, 6.07) is 3.18. The molecule has 4 N–H and O–H groups in total. The smallest absolute Gasteiger partial charge is 0.228 e. The van der Waals surface area contributed by atoms with Gasteiger partial charge in [0, 0.05) is 44.0 Å². The molecule has 3 heterocycles. The van der Waals surface area contributed by atoms with Gasteiger partial charge in [-0.2, -0.15) is 16.3 Å². The molecule has 4 rings (SSSR count). The summed E-state index contributed by atoms with van der Waals surface area (Å²) in [6.45, 7) is 1.98. The molecule has 170 valence electrons. The van der Waals surface area contributed by atoms with Crippen molar-refractivity contribution < 1.29 is 18.7 Å². The second-order valence-electron chi connectivity index (χ2n) is 7.47. The highest BCUT2D eigenvalue weighted by Gasteiger charge is 2.26. The Kier molecular flexibility index (Phi) is 6.28. The maximum absolute atomic E-state index is 15.0. The molecule has 0 saturated carbocycles. The van der Waals surface area contributed by atoms with Gasteiger partial charge in [0.25, 0.3) is 0 Å². The van der Waals surface area contributed by atoms with E-state index >= 15 is 4.39 Å². The summed E-state index contributed by atoms with van der Waals surface area (Å²) in [5.74, 6) is -0.0262. The van der Waals surface area contributed by atoms with Crippen molar-refractivity contribution in [3.8, 4) is 11.5 Å². The van der Waals surface area contributed by atoms with Crippen LogP contribution in [0.2, 0.25) is 0 Å². The van der Waals surface area contributed by atoms with Gasteiger partial charge < -0.3 is 30.7 Å². The fourth-order valence-corrected chi connectivity index (χ4v) is 4.48. The summed E-state index contributed by atoms with van der Waals surface area (Å²) in [5, 5.41) is 4.25.